The first-order valence-electron chi connectivity index (χ1n) is 10.8. The molecule has 0 radical (unpaired) electrons. The maximum atomic E-state index is 13.0. The first-order chi connectivity index (χ1) is 15.3. The van der Waals surface area contributed by atoms with Crippen molar-refractivity contribution < 1.29 is 19.4 Å². The van der Waals surface area contributed by atoms with Gasteiger partial charge in [0, 0.05) is 20.1 Å². The third-order valence-electron chi connectivity index (χ3n) is 5.26. The van der Waals surface area contributed by atoms with Crippen molar-refractivity contribution in [2.24, 2.45) is 7.05 Å². The van der Waals surface area contributed by atoms with Gasteiger partial charge in [-0.3, -0.25) is 14.0 Å². The summed E-state index contributed by atoms with van der Waals surface area (Å²) < 4.78 is 14.3. The summed E-state index contributed by atoms with van der Waals surface area (Å²) in [5.74, 6) is 0.291. The minimum atomic E-state index is -0.978. The molecule has 10 heteroatoms. The van der Waals surface area contributed by atoms with E-state index in [1.54, 1.807) is 35.4 Å². The van der Waals surface area contributed by atoms with E-state index in [1.165, 1.54) is 0 Å². The molecule has 1 aromatic carbocycles. The third kappa shape index (κ3) is 6.56. The molecule has 1 atom stereocenters. The van der Waals surface area contributed by atoms with Crippen molar-refractivity contribution in [1.29, 1.82) is 0 Å². The molecule has 3 rings (SSSR count). The molecule has 0 spiro atoms. The second kappa shape index (κ2) is 12.5. The van der Waals surface area contributed by atoms with E-state index in [9.17, 15) is 14.7 Å². The molecule has 0 unspecified atom stereocenters. The van der Waals surface area contributed by atoms with Crippen LogP contribution in [0.3, 0.4) is 0 Å². The van der Waals surface area contributed by atoms with Crippen LogP contribution in [0.15, 0.2) is 29.1 Å². The van der Waals surface area contributed by atoms with Crippen molar-refractivity contribution in [3.8, 4) is 5.75 Å². The number of aromatic nitrogens is 4. The zero-order valence-corrected chi connectivity index (χ0v) is 21.9. The summed E-state index contributed by atoms with van der Waals surface area (Å²) in [6.45, 7) is 6.65. The summed E-state index contributed by atoms with van der Waals surface area (Å²) in [5.41, 5.74) is 2.75. The van der Waals surface area contributed by atoms with Crippen molar-refractivity contribution >= 4 is 54.7 Å². The van der Waals surface area contributed by atoms with Crippen LogP contribution in [0.2, 0.25) is 0 Å². The molecule has 1 N–H and O–H groups in total. The van der Waals surface area contributed by atoms with Crippen LogP contribution in [0.4, 0.5) is 0 Å². The van der Waals surface area contributed by atoms with E-state index in [-0.39, 0.29) is 49.7 Å². The average molecular weight is 483 g/mol. The number of carboxylic acid groups (broad SMARTS) is 1. The van der Waals surface area contributed by atoms with Crippen LogP contribution in [0, 0.1) is 6.92 Å². The first-order valence-corrected chi connectivity index (χ1v) is 10.8. The van der Waals surface area contributed by atoms with Gasteiger partial charge < -0.3 is 14.6 Å². The molecule has 2 aromatic heterocycles. The molecule has 0 amide bonds. The van der Waals surface area contributed by atoms with Crippen LogP contribution in [-0.4, -0.2) is 87.5 Å². The molecular weight excluding hydrogens is 452 g/mol. The maximum Gasteiger partial charge on any atom is 2.00 e. The van der Waals surface area contributed by atoms with Crippen molar-refractivity contribution in [2.75, 3.05) is 13.2 Å². The summed E-state index contributed by atoms with van der Waals surface area (Å²) in [5, 5.41) is 13.7. The molecule has 0 saturated carbocycles. The number of ether oxygens (including phenoxy) is 2. The molecule has 0 aliphatic carbocycles. The summed E-state index contributed by atoms with van der Waals surface area (Å²) in [4.78, 5) is 28.9. The van der Waals surface area contributed by atoms with Crippen molar-refractivity contribution in [3.05, 3.63) is 51.7 Å². The van der Waals surface area contributed by atoms with Gasteiger partial charge in [0.25, 0.3) is 5.56 Å². The minimum Gasteiger partial charge on any atom is -0.492 e. The van der Waals surface area contributed by atoms with Gasteiger partial charge in [-0.2, -0.15) is 5.10 Å². The van der Waals surface area contributed by atoms with E-state index in [1.807, 2.05) is 19.1 Å². The van der Waals surface area contributed by atoms with Gasteiger partial charge in [-0.25, -0.2) is 9.78 Å². The summed E-state index contributed by atoms with van der Waals surface area (Å²) in [6.07, 6.45) is 1.14. The molecule has 2 heterocycles. The Morgan fingerprint density at radius 2 is 1.91 bits per heavy atom. The van der Waals surface area contributed by atoms with Crippen LogP contribution in [0.25, 0.3) is 11.0 Å². The second-order valence-corrected chi connectivity index (χ2v) is 7.61. The molecule has 33 heavy (non-hydrogen) atoms. The summed E-state index contributed by atoms with van der Waals surface area (Å²) in [6, 6.07) is 7.21. The van der Waals surface area contributed by atoms with Gasteiger partial charge in [-0.1, -0.05) is 25.5 Å². The van der Waals surface area contributed by atoms with Crippen LogP contribution in [-0.2, 0) is 36.0 Å². The number of hydrogen-bond acceptors (Lipinski definition) is 6. The van der Waals surface area contributed by atoms with Crippen molar-refractivity contribution in [3.63, 3.8) is 0 Å². The third-order valence-corrected chi connectivity index (χ3v) is 5.26. The number of hydrogen-bond donors (Lipinski definition) is 1. The fraction of sp³-hybridized carbons (Fsp3) is 0.478. The number of fused-ring (bicyclic) bond motifs is 1. The first kappa shape index (κ1) is 27.3. The molecule has 0 bridgehead atoms. The number of carboxylic acids is 1. The van der Waals surface area contributed by atoms with E-state index in [0.717, 1.165) is 24.1 Å². The molecule has 9 nitrogen and oxygen atoms in total. The normalized spacial score (nSPS) is 11.9. The van der Waals surface area contributed by atoms with Gasteiger partial charge in [-0.15, -0.1) is 0 Å². The van der Waals surface area contributed by atoms with Crippen LogP contribution < -0.4 is 10.3 Å². The van der Waals surface area contributed by atoms with Gasteiger partial charge in [0.15, 0.2) is 11.6 Å². The smallest absolute Gasteiger partial charge is 0.492 e. The van der Waals surface area contributed by atoms with Crippen LogP contribution in [0.1, 0.15) is 37.4 Å². The van der Waals surface area contributed by atoms with Crippen molar-refractivity contribution in [2.45, 2.75) is 52.7 Å². The van der Waals surface area contributed by atoms with E-state index in [4.69, 9.17) is 9.47 Å². The number of rotatable bonds is 11. The monoisotopic (exact) mass is 482 g/mol. The molecule has 0 aliphatic heterocycles. The quantitative estimate of drug-likeness (QED) is 0.417. The van der Waals surface area contributed by atoms with Gasteiger partial charge in [0.05, 0.1) is 12.2 Å². The Morgan fingerprint density at radius 3 is 2.52 bits per heavy atom. The maximum absolute atomic E-state index is 13.0. The van der Waals surface area contributed by atoms with E-state index in [0.29, 0.717) is 42.4 Å². The van der Waals surface area contributed by atoms with Gasteiger partial charge in [-0.05, 0) is 38.0 Å². The fourth-order valence-corrected chi connectivity index (χ4v) is 3.70. The van der Waals surface area contributed by atoms with Gasteiger partial charge in [0.2, 0.25) is 0 Å². The Morgan fingerprint density at radius 1 is 1.21 bits per heavy atom. The number of benzene rings is 1. The van der Waals surface area contributed by atoms with Crippen LogP contribution in [0.5, 0.6) is 5.75 Å². The predicted molar refractivity (Wildman–Crippen MR) is 126 cm³/mol. The number of aliphatic carboxylic acids is 1. The Bertz CT molecular complexity index is 1140. The Labute approximate surface area is 222 Å². The number of carbonyl (C=O) groups is 1. The topological polar surface area (TPSA) is 108 Å². The van der Waals surface area contributed by atoms with Gasteiger partial charge >= 0.3 is 43.7 Å². The van der Waals surface area contributed by atoms with Crippen molar-refractivity contribution in [1.82, 2.24) is 19.3 Å². The second-order valence-electron chi connectivity index (χ2n) is 7.61. The molecule has 0 aliphatic rings. The zero-order valence-electron chi connectivity index (χ0n) is 19.7. The Balaban J connectivity index is 0.00000385. The summed E-state index contributed by atoms with van der Waals surface area (Å²) >= 11 is 0. The Kier molecular flexibility index (Phi) is 10.3. The molecule has 172 valence electrons. The molecule has 0 fully saturated rings. The average Bonchev–Trinajstić information content (AvgIpc) is 3.06. The van der Waals surface area contributed by atoms with Crippen LogP contribution >= 0.6 is 0 Å². The number of aryl methyl sites for hydroxylation is 3. The number of nitrogens with zero attached hydrogens (tertiary/aromatic N) is 4. The largest absolute Gasteiger partial charge is 2.00 e. The molecule has 0 saturated heterocycles. The fourth-order valence-electron chi connectivity index (χ4n) is 3.70. The SMILES string of the molecule is CCCc1nn(C)c2c(=O)n(CCOc3ccc(C[C@H](OCC)C(=O)O)cc3)c(C)nc12.[Ca+2]. The minimum absolute atomic E-state index is 0. The zero-order chi connectivity index (χ0) is 23.3. The predicted octanol–water partition coefficient (Wildman–Crippen LogP) is 2.12. The molecule has 3 aromatic rings. The molecular formula is C23H30CaN4O5+2. The Hall–Kier alpha value is -1.94. The summed E-state index contributed by atoms with van der Waals surface area (Å²) in [7, 11) is 1.77. The van der Waals surface area contributed by atoms with E-state index >= 15 is 0 Å². The van der Waals surface area contributed by atoms with E-state index < -0.39 is 12.1 Å². The van der Waals surface area contributed by atoms with Gasteiger partial charge in [0.1, 0.15) is 23.7 Å². The van der Waals surface area contributed by atoms with E-state index in [2.05, 4.69) is 17.0 Å². The standard InChI is InChI=1S/C23H30N4O5.Ca/c1-5-7-18-20-21(26(4)25-18)22(28)27(15(3)24-20)12-13-32-17-10-8-16(9-11-17)14-19(23(29)30)31-6-2;/h8-11,19H,5-7,12-14H2,1-4H3,(H,29,30);/q;+2/t19-;/m0./s1.